The van der Waals surface area contributed by atoms with E-state index in [2.05, 4.69) is 31.4 Å². The summed E-state index contributed by atoms with van der Waals surface area (Å²) in [6.45, 7) is 9.17. The summed E-state index contributed by atoms with van der Waals surface area (Å²) in [5.41, 5.74) is 2.70. The third kappa shape index (κ3) is 2.05. The van der Waals surface area contributed by atoms with Gasteiger partial charge in [0, 0.05) is 29.8 Å². The predicted molar refractivity (Wildman–Crippen MR) is 68.5 cm³/mol. The molecule has 2 rings (SSSR count). The summed E-state index contributed by atoms with van der Waals surface area (Å²) in [5.74, 6) is -0.924. The maximum absolute atomic E-state index is 10.8. The Hall–Kier alpha value is -1.77. The highest BCUT2D eigenvalue weighted by molar-refractivity contribution is 5.87. The van der Waals surface area contributed by atoms with Crippen LogP contribution in [0.3, 0.4) is 0 Å². The molecule has 0 radical (unpaired) electrons. The zero-order valence-corrected chi connectivity index (χ0v) is 10.2. The van der Waals surface area contributed by atoms with Crippen LogP contribution in [-0.2, 0) is 10.2 Å². The van der Waals surface area contributed by atoms with E-state index in [0.717, 1.165) is 12.2 Å². The zero-order chi connectivity index (χ0) is 12.6. The van der Waals surface area contributed by atoms with Crippen molar-refractivity contribution in [2.24, 2.45) is 0 Å². The van der Waals surface area contributed by atoms with Gasteiger partial charge in [-0.05, 0) is 11.6 Å². The Kier molecular flexibility index (Phi) is 2.69. The lowest BCUT2D eigenvalue weighted by molar-refractivity contribution is -0.132. The molecule has 0 fully saturated rings. The Bertz CT molecular complexity index is 477. The van der Waals surface area contributed by atoms with Gasteiger partial charge in [-0.25, -0.2) is 4.79 Å². The summed E-state index contributed by atoms with van der Waals surface area (Å²) in [6.07, 6.45) is 0. The van der Waals surface area contributed by atoms with Gasteiger partial charge in [0.15, 0.2) is 0 Å². The first-order valence-corrected chi connectivity index (χ1v) is 5.67. The number of rotatable bonds is 3. The normalized spacial score (nSPS) is 16.7. The molecule has 1 aliphatic heterocycles. The summed E-state index contributed by atoms with van der Waals surface area (Å²) in [4.78, 5) is 12.9. The molecule has 0 unspecified atom stereocenters. The quantitative estimate of drug-likeness (QED) is 0.812. The lowest BCUT2D eigenvalue weighted by atomic mass is 9.87. The molecule has 0 aromatic heterocycles. The number of carbonyl (C=O) groups is 1. The van der Waals surface area contributed by atoms with Crippen LogP contribution < -0.4 is 4.90 Å². The third-order valence-corrected chi connectivity index (χ3v) is 3.24. The molecule has 0 atom stereocenters. The number of nitrogens with zero attached hydrogens (tertiary/aromatic N) is 1. The molecule has 1 aliphatic rings. The molecule has 1 aromatic carbocycles. The highest BCUT2D eigenvalue weighted by Crippen LogP contribution is 2.40. The minimum atomic E-state index is -0.924. The minimum absolute atomic E-state index is 0.0649. The van der Waals surface area contributed by atoms with Gasteiger partial charge in [0.1, 0.15) is 0 Å². The van der Waals surface area contributed by atoms with Gasteiger partial charge in [-0.1, -0.05) is 38.6 Å². The van der Waals surface area contributed by atoms with Crippen LogP contribution in [0.25, 0.3) is 0 Å². The summed E-state index contributed by atoms with van der Waals surface area (Å²) in [7, 11) is 0. The lowest BCUT2D eigenvalue weighted by Crippen LogP contribution is -2.31. The molecule has 3 heteroatoms. The van der Waals surface area contributed by atoms with E-state index in [9.17, 15) is 4.79 Å². The smallest absolute Gasteiger partial charge is 0.332 e. The third-order valence-electron chi connectivity index (χ3n) is 3.24. The van der Waals surface area contributed by atoms with Gasteiger partial charge in [-0.2, -0.15) is 0 Å². The number of aliphatic carboxylic acids is 1. The standard InChI is InChI=1S/C14H17NO2/c1-10(13(16)17)8-15-9-14(2,3)11-6-4-5-7-12(11)15/h4-7H,1,8-9H2,2-3H3,(H,16,17). The monoisotopic (exact) mass is 231 g/mol. The van der Waals surface area contributed by atoms with Crippen molar-refractivity contribution in [1.29, 1.82) is 0 Å². The van der Waals surface area contributed by atoms with Crippen molar-refractivity contribution in [3.63, 3.8) is 0 Å². The first kappa shape index (κ1) is 11.7. The maximum atomic E-state index is 10.8. The largest absolute Gasteiger partial charge is 0.478 e. The van der Waals surface area contributed by atoms with Crippen LogP contribution in [0, 0.1) is 0 Å². The van der Waals surface area contributed by atoms with E-state index in [-0.39, 0.29) is 11.0 Å². The SMILES string of the molecule is C=C(CN1CC(C)(C)c2ccccc21)C(=O)O. The maximum Gasteiger partial charge on any atom is 0.332 e. The van der Waals surface area contributed by atoms with Crippen LogP contribution in [0.5, 0.6) is 0 Å². The van der Waals surface area contributed by atoms with Crippen molar-refractivity contribution >= 4 is 11.7 Å². The van der Waals surface area contributed by atoms with Crippen molar-refractivity contribution in [3.8, 4) is 0 Å². The van der Waals surface area contributed by atoms with Crippen molar-refractivity contribution in [2.75, 3.05) is 18.0 Å². The molecular weight excluding hydrogens is 214 g/mol. The van der Waals surface area contributed by atoms with Crippen LogP contribution in [0.1, 0.15) is 19.4 Å². The minimum Gasteiger partial charge on any atom is -0.478 e. The van der Waals surface area contributed by atoms with Crippen molar-refractivity contribution in [2.45, 2.75) is 19.3 Å². The second-order valence-corrected chi connectivity index (χ2v) is 5.17. The number of fused-ring (bicyclic) bond motifs is 1. The zero-order valence-electron chi connectivity index (χ0n) is 10.2. The Morgan fingerprint density at radius 2 is 2.12 bits per heavy atom. The molecule has 17 heavy (non-hydrogen) atoms. The lowest BCUT2D eigenvalue weighted by Gasteiger charge is -2.22. The van der Waals surface area contributed by atoms with Gasteiger partial charge in [0.05, 0.1) is 0 Å². The Morgan fingerprint density at radius 1 is 1.47 bits per heavy atom. The van der Waals surface area contributed by atoms with Crippen molar-refractivity contribution in [1.82, 2.24) is 0 Å². The van der Waals surface area contributed by atoms with Crippen molar-refractivity contribution < 1.29 is 9.90 Å². The number of hydrogen-bond donors (Lipinski definition) is 1. The second-order valence-electron chi connectivity index (χ2n) is 5.17. The summed E-state index contributed by atoms with van der Waals surface area (Å²) in [6, 6.07) is 8.16. The van der Waals surface area contributed by atoms with E-state index in [0.29, 0.717) is 6.54 Å². The number of carboxylic acids is 1. The van der Waals surface area contributed by atoms with E-state index >= 15 is 0 Å². The van der Waals surface area contributed by atoms with Gasteiger partial charge in [0.2, 0.25) is 0 Å². The molecule has 0 spiro atoms. The fourth-order valence-corrected chi connectivity index (χ4v) is 2.41. The number of anilines is 1. The van der Waals surface area contributed by atoms with Crippen LogP contribution in [0.15, 0.2) is 36.4 Å². The number of hydrogen-bond acceptors (Lipinski definition) is 2. The van der Waals surface area contributed by atoms with Crippen molar-refractivity contribution in [3.05, 3.63) is 42.0 Å². The molecule has 0 saturated heterocycles. The first-order chi connectivity index (χ1) is 7.92. The Balaban J connectivity index is 2.29. The average molecular weight is 231 g/mol. The summed E-state index contributed by atoms with van der Waals surface area (Å²) >= 11 is 0. The predicted octanol–water partition coefficient (Wildman–Crippen LogP) is 2.42. The van der Waals surface area contributed by atoms with E-state index in [1.54, 1.807) is 0 Å². The van der Waals surface area contributed by atoms with Gasteiger partial charge < -0.3 is 10.0 Å². The summed E-state index contributed by atoms with van der Waals surface area (Å²) < 4.78 is 0. The highest BCUT2D eigenvalue weighted by Gasteiger charge is 2.34. The first-order valence-electron chi connectivity index (χ1n) is 5.67. The van der Waals surface area contributed by atoms with Gasteiger partial charge >= 0.3 is 5.97 Å². The number of para-hydroxylation sites is 1. The molecule has 1 N–H and O–H groups in total. The molecule has 0 aliphatic carbocycles. The average Bonchev–Trinajstić information content (AvgIpc) is 2.51. The molecule has 0 bridgehead atoms. The topological polar surface area (TPSA) is 40.5 Å². The Labute approximate surface area is 101 Å². The number of carboxylic acid groups (broad SMARTS) is 1. The van der Waals surface area contributed by atoms with Crippen LogP contribution >= 0.6 is 0 Å². The molecular formula is C14H17NO2. The fourth-order valence-electron chi connectivity index (χ4n) is 2.41. The van der Waals surface area contributed by atoms with Gasteiger partial charge in [-0.15, -0.1) is 0 Å². The van der Waals surface area contributed by atoms with E-state index < -0.39 is 5.97 Å². The molecule has 0 saturated carbocycles. The second kappa shape index (κ2) is 3.91. The Morgan fingerprint density at radius 3 is 2.76 bits per heavy atom. The molecule has 1 aromatic rings. The van der Waals surface area contributed by atoms with E-state index in [4.69, 9.17) is 5.11 Å². The molecule has 90 valence electrons. The van der Waals surface area contributed by atoms with Crippen LogP contribution in [0.4, 0.5) is 5.69 Å². The highest BCUT2D eigenvalue weighted by atomic mass is 16.4. The van der Waals surface area contributed by atoms with Crippen LogP contribution in [0.2, 0.25) is 0 Å². The molecule has 3 nitrogen and oxygen atoms in total. The van der Waals surface area contributed by atoms with E-state index in [1.165, 1.54) is 5.56 Å². The number of benzene rings is 1. The molecule has 1 heterocycles. The van der Waals surface area contributed by atoms with E-state index in [1.807, 2.05) is 18.2 Å². The van der Waals surface area contributed by atoms with Gasteiger partial charge in [-0.3, -0.25) is 0 Å². The van der Waals surface area contributed by atoms with Crippen LogP contribution in [-0.4, -0.2) is 24.2 Å². The van der Waals surface area contributed by atoms with Gasteiger partial charge in [0.25, 0.3) is 0 Å². The fraction of sp³-hybridized carbons (Fsp3) is 0.357. The molecule has 0 amide bonds. The summed E-state index contributed by atoms with van der Waals surface area (Å²) in [5, 5.41) is 8.89.